The molecule has 1 saturated heterocycles. The number of methoxy groups -OCH3 is 3. The Morgan fingerprint density at radius 3 is 2.54 bits per heavy atom. The van der Waals surface area contributed by atoms with Crippen LogP contribution in [0.2, 0.25) is 0 Å². The van der Waals surface area contributed by atoms with Gasteiger partial charge in [0.15, 0.2) is 0 Å². The number of carbonyl (C=O) groups excluding carboxylic acids is 1. The van der Waals surface area contributed by atoms with Gasteiger partial charge < -0.3 is 19.5 Å². The third kappa shape index (κ3) is 4.07. The van der Waals surface area contributed by atoms with Gasteiger partial charge in [-0.2, -0.15) is 0 Å². The van der Waals surface area contributed by atoms with E-state index in [2.05, 4.69) is 10.2 Å². The zero-order valence-corrected chi connectivity index (χ0v) is 16.9. The summed E-state index contributed by atoms with van der Waals surface area (Å²) in [6, 6.07) is 13.1. The zero-order valence-electron chi connectivity index (χ0n) is 16.9. The number of likely N-dealkylation sites (tertiary alicyclic amines) is 1. The van der Waals surface area contributed by atoms with Crippen molar-refractivity contribution < 1.29 is 19.0 Å². The molecule has 0 radical (unpaired) electrons. The number of hydrogen-bond donors (Lipinski definition) is 1. The molecule has 1 fully saturated rings. The zero-order chi connectivity index (χ0) is 20.1. The molecule has 6 nitrogen and oxygen atoms in total. The number of hydrogen-bond acceptors (Lipinski definition) is 5. The van der Waals surface area contributed by atoms with E-state index in [0.29, 0.717) is 11.4 Å². The number of ether oxygens (including phenoxy) is 3. The molecule has 1 N–H and O–H groups in total. The largest absolute Gasteiger partial charge is 0.497 e. The molecule has 0 spiro atoms. The first-order valence-corrected chi connectivity index (χ1v) is 9.50. The molecule has 2 atom stereocenters. The van der Waals surface area contributed by atoms with Gasteiger partial charge in [0.25, 0.3) is 0 Å². The Kier molecular flexibility index (Phi) is 6.41. The number of benzene rings is 2. The normalized spacial score (nSPS) is 17.8. The number of carbonyl (C=O) groups is 1. The van der Waals surface area contributed by atoms with Crippen molar-refractivity contribution in [3.8, 4) is 17.2 Å². The highest BCUT2D eigenvalue weighted by molar-refractivity contribution is 5.95. The summed E-state index contributed by atoms with van der Waals surface area (Å²) in [5.74, 6) is 2.19. The van der Waals surface area contributed by atoms with E-state index in [1.54, 1.807) is 21.3 Å². The predicted molar refractivity (Wildman–Crippen MR) is 109 cm³/mol. The molecule has 150 valence electrons. The number of para-hydroxylation sites is 2. The molecule has 0 bridgehead atoms. The van der Waals surface area contributed by atoms with Crippen LogP contribution in [0.1, 0.15) is 31.4 Å². The smallest absolute Gasteiger partial charge is 0.241 e. The van der Waals surface area contributed by atoms with Crippen molar-refractivity contribution in [1.29, 1.82) is 0 Å². The van der Waals surface area contributed by atoms with Gasteiger partial charge in [-0.1, -0.05) is 12.1 Å². The summed E-state index contributed by atoms with van der Waals surface area (Å²) >= 11 is 0. The van der Waals surface area contributed by atoms with Gasteiger partial charge in [0, 0.05) is 11.6 Å². The third-order valence-electron chi connectivity index (χ3n) is 5.33. The van der Waals surface area contributed by atoms with Gasteiger partial charge in [-0.15, -0.1) is 0 Å². The van der Waals surface area contributed by atoms with Gasteiger partial charge in [-0.05, 0) is 56.6 Å². The first kappa shape index (κ1) is 20.0. The Morgan fingerprint density at radius 1 is 1.07 bits per heavy atom. The average molecular weight is 384 g/mol. The molecule has 3 rings (SSSR count). The van der Waals surface area contributed by atoms with Crippen LogP contribution in [0.4, 0.5) is 5.69 Å². The molecule has 1 aliphatic rings. The SMILES string of the molecule is COc1ccc(OC)c([C@H]2CCCN2[C@@H](C)C(=O)Nc2ccccc2OC)c1. The van der Waals surface area contributed by atoms with Crippen LogP contribution in [-0.4, -0.2) is 44.7 Å². The maximum atomic E-state index is 13.0. The Morgan fingerprint density at radius 2 is 1.82 bits per heavy atom. The van der Waals surface area contributed by atoms with Gasteiger partial charge in [0.05, 0.1) is 33.1 Å². The van der Waals surface area contributed by atoms with Gasteiger partial charge >= 0.3 is 0 Å². The Balaban J connectivity index is 1.81. The minimum absolute atomic E-state index is 0.0572. The number of nitrogens with one attached hydrogen (secondary N) is 1. The number of anilines is 1. The van der Waals surface area contributed by atoms with E-state index < -0.39 is 0 Å². The molecule has 2 aromatic rings. The van der Waals surface area contributed by atoms with Crippen molar-refractivity contribution >= 4 is 11.6 Å². The molecule has 0 saturated carbocycles. The van der Waals surface area contributed by atoms with E-state index in [4.69, 9.17) is 14.2 Å². The van der Waals surface area contributed by atoms with Gasteiger partial charge in [0.1, 0.15) is 17.2 Å². The summed E-state index contributed by atoms with van der Waals surface area (Å²) in [6.07, 6.45) is 1.99. The highest BCUT2D eigenvalue weighted by Crippen LogP contribution is 2.40. The molecular weight excluding hydrogens is 356 g/mol. The quantitative estimate of drug-likeness (QED) is 0.785. The second-order valence-corrected chi connectivity index (χ2v) is 6.87. The molecule has 1 heterocycles. The molecular formula is C22H28N2O4. The summed E-state index contributed by atoms with van der Waals surface area (Å²) in [6.45, 7) is 2.79. The van der Waals surface area contributed by atoms with Crippen LogP contribution in [-0.2, 0) is 4.79 Å². The fourth-order valence-electron chi connectivity index (χ4n) is 3.82. The van der Waals surface area contributed by atoms with E-state index in [1.165, 1.54) is 0 Å². The molecule has 0 aromatic heterocycles. The van der Waals surface area contributed by atoms with E-state index in [0.717, 1.165) is 36.4 Å². The van der Waals surface area contributed by atoms with Gasteiger partial charge in [-0.25, -0.2) is 0 Å². The fraction of sp³-hybridized carbons (Fsp3) is 0.409. The molecule has 2 aromatic carbocycles. The number of rotatable bonds is 7. The van der Waals surface area contributed by atoms with Crippen molar-refractivity contribution in [3.05, 3.63) is 48.0 Å². The lowest BCUT2D eigenvalue weighted by molar-refractivity contribution is -0.121. The molecule has 1 aliphatic heterocycles. The highest BCUT2D eigenvalue weighted by Gasteiger charge is 2.35. The second kappa shape index (κ2) is 8.97. The summed E-state index contributed by atoms with van der Waals surface area (Å²) in [7, 11) is 4.92. The first-order valence-electron chi connectivity index (χ1n) is 9.50. The molecule has 28 heavy (non-hydrogen) atoms. The standard InChI is InChI=1S/C22H28N2O4/c1-15(22(25)23-18-8-5-6-10-21(18)28-4)24-13-7-9-19(24)17-14-16(26-2)11-12-20(17)27-3/h5-6,8,10-12,14-15,19H,7,9,13H2,1-4H3,(H,23,25)/t15-,19+/m0/s1. The summed E-state index contributed by atoms with van der Waals surface area (Å²) in [5.41, 5.74) is 1.73. The van der Waals surface area contributed by atoms with Crippen LogP contribution in [0.3, 0.4) is 0 Å². The lowest BCUT2D eigenvalue weighted by atomic mass is 10.0. The molecule has 0 aliphatic carbocycles. The van der Waals surface area contributed by atoms with Crippen LogP contribution >= 0.6 is 0 Å². The average Bonchev–Trinajstić information content (AvgIpc) is 3.22. The topological polar surface area (TPSA) is 60.0 Å². The van der Waals surface area contributed by atoms with Crippen LogP contribution in [0, 0.1) is 0 Å². The van der Waals surface area contributed by atoms with Crippen LogP contribution in [0.25, 0.3) is 0 Å². The van der Waals surface area contributed by atoms with E-state index in [1.807, 2.05) is 49.4 Å². The van der Waals surface area contributed by atoms with Crippen molar-refractivity contribution in [3.63, 3.8) is 0 Å². The minimum Gasteiger partial charge on any atom is -0.497 e. The first-order chi connectivity index (χ1) is 13.6. The fourth-order valence-corrected chi connectivity index (χ4v) is 3.82. The maximum absolute atomic E-state index is 13.0. The van der Waals surface area contributed by atoms with Crippen molar-refractivity contribution in [2.24, 2.45) is 0 Å². The van der Waals surface area contributed by atoms with E-state index >= 15 is 0 Å². The van der Waals surface area contributed by atoms with Crippen molar-refractivity contribution in [1.82, 2.24) is 4.90 Å². The van der Waals surface area contributed by atoms with Crippen LogP contribution < -0.4 is 19.5 Å². The van der Waals surface area contributed by atoms with E-state index in [-0.39, 0.29) is 18.0 Å². The third-order valence-corrected chi connectivity index (χ3v) is 5.33. The Hall–Kier alpha value is -2.73. The molecule has 1 amide bonds. The van der Waals surface area contributed by atoms with Gasteiger partial charge in [0.2, 0.25) is 5.91 Å². The summed E-state index contributed by atoms with van der Waals surface area (Å²) < 4.78 is 16.3. The lowest BCUT2D eigenvalue weighted by Crippen LogP contribution is -2.41. The number of nitrogens with zero attached hydrogens (tertiary/aromatic N) is 1. The summed E-state index contributed by atoms with van der Waals surface area (Å²) in [5, 5.41) is 3.00. The molecule has 0 unspecified atom stereocenters. The van der Waals surface area contributed by atoms with Gasteiger partial charge in [-0.3, -0.25) is 9.69 Å². The highest BCUT2D eigenvalue weighted by atomic mass is 16.5. The number of amides is 1. The lowest BCUT2D eigenvalue weighted by Gasteiger charge is -2.31. The van der Waals surface area contributed by atoms with Crippen LogP contribution in [0.15, 0.2) is 42.5 Å². The maximum Gasteiger partial charge on any atom is 0.241 e. The van der Waals surface area contributed by atoms with Crippen LogP contribution in [0.5, 0.6) is 17.2 Å². The second-order valence-electron chi connectivity index (χ2n) is 6.87. The van der Waals surface area contributed by atoms with Crippen molar-refractivity contribution in [2.75, 3.05) is 33.2 Å². The Labute approximate surface area is 166 Å². The molecule has 6 heteroatoms. The monoisotopic (exact) mass is 384 g/mol. The Bertz CT molecular complexity index is 824. The predicted octanol–water partition coefficient (Wildman–Crippen LogP) is 3.88. The minimum atomic E-state index is -0.298. The van der Waals surface area contributed by atoms with Crippen molar-refractivity contribution in [2.45, 2.75) is 31.8 Å². The summed E-state index contributed by atoms with van der Waals surface area (Å²) in [4.78, 5) is 15.2. The van der Waals surface area contributed by atoms with E-state index in [9.17, 15) is 4.79 Å².